The fraction of sp³-hybridized carbons (Fsp3) is 0.931. The van der Waals surface area contributed by atoms with Gasteiger partial charge in [-0.15, -0.1) is 5.10 Å². The summed E-state index contributed by atoms with van der Waals surface area (Å²) in [6.07, 6.45) is -31.0. The number of aromatic nitrogens is 3. The Balaban J connectivity index is 1.16. The smallest absolute Gasteiger partial charge is 0.187 e. The van der Waals surface area contributed by atoms with Gasteiger partial charge in [-0.1, -0.05) is 5.21 Å². The second-order valence-electron chi connectivity index (χ2n) is 13.0. The van der Waals surface area contributed by atoms with E-state index in [1.54, 1.807) is 6.92 Å². The molecule has 306 valence electrons. The Labute approximate surface area is 300 Å². The first kappa shape index (κ1) is 42.4. The highest BCUT2D eigenvalue weighted by atomic mass is 16.8. The third kappa shape index (κ3) is 9.14. The average Bonchev–Trinajstić information content (AvgIpc) is 3.60. The Hall–Kier alpha value is -1.70. The molecule has 9 unspecified atom stereocenters. The predicted molar refractivity (Wildman–Crippen MR) is 162 cm³/mol. The Bertz CT molecular complexity index is 1260. The molecular formula is C29H49N3O21. The minimum Gasteiger partial charge on any atom is -0.394 e. The summed E-state index contributed by atoms with van der Waals surface area (Å²) in [6.45, 7) is -1.08. The molecule has 24 nitrogen and oxygen atoms in total. The second-order valence-corrected chi connectivity index (χ2v) is 13.0. The molecule has 0 spiro atoms. The van der Waals surface area contributed by atoms with Crippen LogP contribution in [0.15, 0.2) is 6.20 Å². The van der Waals surface area contributed by atoms with E-state index in [-0.39, 0.29) is 25.5 Å². The number of aliphatic hydroxyl groups excluding tert-OH is 13. The summed E-state index contributed by atoms with van der Waals surface area (Å²) < 4.78 is 45.3. The van der Waals surface area contributed by atoms with Gasteiger partial charge in [0.15, 0.2) is 25.2 Å². The van der Waals surface area contributed by atoms with Gasteiger partial charge in [0, 0.05) is 6.61 Å². The van der Waals surface area contributed by atoms with Crippen molar-refractivity contribution >= 4 is 0 Å². The Kier molecular flexibility index (Phi) is 14.8. The second kappa shape index (κ2) is 18.5. The molecule has 4 aliphatic heterocycles. The van der Waals surface area contributed by atoms with Crippen LogP contribution in [-0.4, -0.2) is 231 Å². The zero-order valence-corrected chi connectivity index (χ0v) is 28.3. The van der Waals surface area contributed by atoms with Crippen LogP contribution in [0.25, 0.3) is 0 Å². The fourth-order valence-electron chi connectivity index (χ4n) is 6.40. The van der Waals surface area contributed by atoms with E-state index in [0.717, 1.165) is 0 Å². The number of rotatable bonds is 14. The van der Waals surface area contributed by atoms with Crippen molar-refractivity contribution in [3.63, 3.8) is 0 Å². The number of hydrogen-bond donors (Lipinski definition) is 13. The van der Waals surface area contributed by atoms with Crippen molar-refractivity contribution in [1.82, 2.24) is 15.0 Å². The van der Waals surface area contributed by atoms with E-state index in [1.165, 1.54) is 10.9 Å². The van der Waals surface area contributed by atoms with Crippen molar-refractivity contribution in [3.8, 4) is 0 Å². The summed E-state index contributed by atoms with van der Waals surface area (Å²) in [6, 6.07) is 0. The quantitative estimate of drug-likeness (QED) is 0.0834. The van der Waals surface area contributed by atoms with E-state index >= 15 is 0 Å². The highest BCUT2D eigenvalue weighted by Gasteiger charge is 2.53. The topological polar surface area (TPSA) is 368 Å². The Morgan fingerprint density at radius 1 is 0.547 bits per heavy atom. The molecule has 0 saturated carbocycles. The van der Waals surface area contributed by atoms with Crippen LogP contribution < -0.4 is 0 Å². The van der Waals surface area contributed by atoms with E-state index in [1.807, 2.05) is 0 Å². The number of nitrogens with zero attached hydrogens (tertiary/aromatic N) is 3. The van der Waals surface area contributed by atoms with Gasteiger partial charge in [0.05, 0.1) is 39.2 Å². The molecule has 0 radical (unpaired) electrons. The number of ether oxygens (including phenoxy) is 8. The van der Waals surface area contributed by atoms with Gasteiger partial charge in [0.1, 0.15) is 103 Å². The summed E-state index contributed by atoms with van der Waals surface area (Å²) >= 11 is 0. The first-order valence-electron chi connectivity index (χ1n) is 16.9. The zero-order chi connectivity index (χ0) is 38.7. The van der Waals surface area contributed by atoms with Crippen molar-refractivity contribution < 1.29 is 104 Å². The molecule has 1 aromatic rings. The molecule has 13 N–H and O–H groups in total. The molecule has 1 aromatic heterocycles. The van der Waals surface area contributed by atoms with Crippen molar-refractivity contribution in [3.05, 3.63) is 11.9 Å². The van der Waals surface area contributed by atoms with Crippen LogP contribution >= 0.6 is 0 Å². The van der Waals surface area contributed by atoms with Gasteiger partial charge >= 0.3 is 0 Å². The van der Waals surface area contributed by atoms with Crippen LogP contribution in [-0.2, 0) is 51.0 Å². The van der Waals surface area contributed by atoms with Gasteiger partial charge < -0.3 is 104 Å². The molecule has 24 heteroatoms. The van der Waals surface area contributed by atoms with E-state index in [2.05, 4.69) is 10.3 Å². The van der Waals surface area contributed by atoms with Gasteiger partial charge in [-0.25, -0.2) is 4.68 Å². The lowest BCUT2D eigenvalue weighted by Gasteiger charge is -2.48. The molecule has 0 aromatic carbocycles. The van der Waals surface area contributed by atoms with Crippen molar-refractivity contribution in [2.24, 2.45) is 0 Å². The van der Waals surface area contributed by atoms with Crippen LogP contribution in [0.4, 0.5) is 0 Å². The van der Waals surface area contributed by atoms with Gasteiger partial charge in [-0.05, 0) is 6.92 Å². The van der Waals surface area contributed by atoms with E-state index in [9.17, 15) is 66.4 Å². The third-order valence-corrected chi connectivity index (χ3v) is 9.42. The molecule has 4 saturated heterocycles. The first-order chi connectivity index (χ1) is 25.2. The lowest BCUT2D eigenvalue weighted by molar-refractivity contribution is -0.379. The lowest BCUT2D eigenvalue weighted by atomic mass is 9.96. The molecule has 53 heavy (non-hydrogen) atoms. The van der Waals surface area contributed by atoms with Crippen LogP contribution in [0, 0.1) is 0 Å². The fourth-order valence-corrected chi connectivity index (χ4v) is 6.40. The molecule has 0 bridgehead atoms. The summed E-state index contributed by atoms with van der Waals surface area (Å²) in [5.41, 5.74) is 0.185. The monoisotopic (exact) mass is 775 g/mol. The summed E-state index contributed by atoms with van der Waals surface area (Å²) in [4.78, 5) is 0. The van der Waals surface area contributed by atoms with E-state index < -0.39 is 143 Å². The van der Waals surface area contributed by atoms with Gasteiger partial charge in [0.2, 0.25) is 0 Å². The van der Waals surface area contributed by atoms with Crippen molar-refractivity contribution in [1.29, 1.82) is 0 Å². The van der Waals surface area contributed by atoms with E-state index in [0.29, 0.717) is 0 Å². The van der Waals surface area contributed by atoms with Crippen LogP contribution in [0.5, 0.6) is 0 Å². The van der Waals surface area contributed by atoms with Gasteiger partial charge in [0.25, 0.3) is 0 Å². The van der Waals surface area contributed by atoms with Crippen molar-refractivity contribution in [2.75, 3.05) is 26.4 Å². The zero-order valence-electron chi connectivity index (χ0n) is 28.3. The minimum atomic E-state index is -1.98. The number of hydrogen-bond acceptors (Lipinski definition) is 23. The largest absolute Gasteiger partial charge is 0.394 e. The lowest BCUT2D eigenvalue weighted by Crippen LogP contribution is -2.66. The first-order valence-corrected chi connectivity index (χ1v) is 16.9. The molecule has 20 atom stereocenters. The molecule has 5 rings (SSSR count). The standard InChI is InChI=1S/C29H49N3O21/c1-2-46-26-20(42)16(38)14(36)10(48-26)4-32-3-9(30-31-32)8-47-27-22(44)18(40)24(12(6-34)50-27)53-29-23(45)19(41)25(13(7-35)51-29)52-28-21(43)17(39)15(37)11(5-33)49-28/h3,10-29,33-45H,2,4-8H2,1H3/t10-,11?,12?,13?,14-,15+,16+,17?,18?,19?,20+,21?,22?,23?,24+,25+,26+,27+,28+,29+/m0/s1. The molecule has 5 heterocycles. The Morgan fingerprint density at radius 2 is 0.981 bits per heavy atom. The molecule has 0 aliphatic carbocycles. The summed E-state index contributed by atoms with van der Waals surface area (Å²) in [5.74, 6) is 0. The third-order valence-electron chi connectivity index (χ3n) is 9.42. The van der Waals surface area contributed by atoms with Gasteiger partial charge in [-0.3, -0.25) is 0 Å². The highest BCUT2D eigenvalue weighted by Crippen LogP contribution is 2.33. The maximum absolute atomic E-state index is 11.0. The summed E-state index contributed by atoms with van der Waals surface area (Å²) in [7, 11) is 0. The summed E-state index contributed by atoms with van der Waals surface area (Å²) in [5, 5.41) is 142. The van der Waals surface area contributed by atoms with E-state index in [4.69, 9.17) is 37.9 Å². The van der Waals surface area contributed by atoms with Crippen LogP contribution in [0.3, 0.4) is 0 Å². The van der Waals surface area contributed by atoms with Crippen LogP contribution in [0.1, 0.15) is 12.6 Å². The SMILES string of the molecule is CCO[C@@H]1O[C@@H](Cn2cc(CO[C@@H]3OC(CO)[C@@H](O[C@H]4OC(CO)[C@@H](O[C@H]5OC(CO)[C@@H](O)C(O)C5O)C(O)C4O)C(O)C3O)nn2)[C@H](O)[C@@H](O)[C@H]1O. The average molecular weight is 776 g/mol. The molecule has 4 aliphatic rings. The van der Waals surface area contributed by atoms with Gasteiger partial charge in [-0.2, -0.15) is 0 Å². The minimum absolute atomic E-state index is 0.115. The predicted octanol–water partition coefficient (Wildman–Crippen LogP) is -8.91. The molecule has 4 fully saturated rings. The highest BCUT2D eigenvalue weighted by molar-refractivity contribution is 4.98. The number of aliphatic hydroxyl groups is 13. The van der Waals surface area contributed by atoms with Crippen molar-refractivity contribution in [2.45, 2.75) is 143 Å². The molecule has 0 amide bonds. The normalized spacial score (nSPS) is 46.8. The maximum Gasteiger partial charge on any atom is 0.187 e. The molecular weight excluding hydrogens is 726 g/mol. The Morgan fingerprint density at radius 3 is 1.53 bits per heavy atom. The van der Waals surface area contributed by atoms with Crippen LogP contribution in [0.2, 0.25) is 0 Å². The maximum atomic E-state index is 11.0.